The Balaban J connectivity index is 2.51. The molecule has 0 aliphatic heterocycles. The molecule has 0 atom stereocenters. The van der Waals surface area contributed by atoms with Crippen molar-refractivity contribution in [2.24, 2.45) is 0 Å². The highest BCUT2D eigenvalue weighted by molar-refractivity contribution is 5.90. The molecule has 4 heteroatoms. The standard InChI is InChI=1S/C14H16N2O2/c1-3-16-9-10(8-13(16)14(17)18-2)11-6-4-5-7-12(11)15/h4-9H,3,15H2,1-2H3. The number of aromatic nitrogens is 1. The van der Waals surface area contributed by atoms with Gasteiger partial charge in [0.05, 0.1) is 7.11 Å². The lowest BCUT2D eigenvalue weighted by molar-refractivity contribution is 0.0588. The first-order valence-electron chi connectivity index (χ1n) is 5.80. The van der Waals surface area contributed by atoms with Gasteiger partial charge in [-0.15, -0.1) is 0 Å². The molecule has 1 heterocycles. The van der Waals surface area contributed by atoms with E-state index in [4.69, 9.17) is 10.5 Å². The van der Waals surface area contributed by atoms with Crippen LogP contribution in [0.1, 0.15) is 17.4 Å². The lowest BCUT2D eigenvalue weighted by Gasteiger charge is -2.02. The van der Waals surface area contributed by atoms with Gasteiger partial charge >= 0.3 is 5.97 Å². The number of benzene rings is 1. The monoisotopic (exact) mass is 244 g/mol. The summed E-state index contributed by atoms with van der Waals surface area (Å²) < 4.78 is 6.62. The fourth-order valence-corrected chi connectivity index (χ4v) is 1.95. The number of rotatable bonds is 3. The van der Waals surface area contributed by atoms with Crippen LogP contribution in [0.4, 0.5) is 5.69 Å². The van der Waals surface area contributed by atoms with Crippen LogP contribution >= 0.6 is 0 Å². The predicted octanol–water partition coefficient (Wildman–Crippen LogP) is 2.54. The van der Waals surface area contributed by atoms with E-state index >= 15 is 0 Å². The van der Waals surface area contributed by atoms with Gasteiger partial charge in [-0.25, -0.2) is 4.79 Å². The Kier molecular flexibility index (Phi) is 3.37. The van der Waals surface area contributed by atoms with E-state index in [2.05, 4.69) is 0 Å². The molecule has 2 aromatic rings. The van der Waals surface area contributed by atoms with Gasteiger partial charge in [-0.2, -0.15) is 0 Å². The zero-order chi connectivity index (χ0) is 13.1. The van der Waals surface area contributed by atoms with E-state index in [1.807, 2.05) is 42.0 Å². The molecule has 4 nitrogen and oxygen atoms in total. The second-order valence-electron chi connectivity index (χ2n) is 3.98. The highest BCUT2D eigenvalue weighted by Gasteiger charge is 2.14. The van der Waals surface area contributed by atoms with E-state index in [1.165, 1.54) is 7.11 Å². The molecule has 0 amide bonds. The number of nitrogens with zero attached hydrogens (tertiary/aromatic N) is 1. The molecule has 18 heavy (non-hydrogen) atoms. The summed E-state index contributed by atoms with van der Waals surface area (Å²) in [6.07, 6.45) is 1.91. The summed E-state index contributed by atoms with van der Waals surface area (Å²) >= 11 is 0. The summed E-state index contributed by atoms with van der Waals surface area (Å²) in [7, 11) is 1.38. The van der Waals surface area contributed by atoms with Crippen LogP contribution < -0.4 is 5.73 Å². The van der Waals surface area contributed by atoms with E-state index in [0.717, 1.165) is 11.1 Å². The molecular formula is C14H16N2O2. The van der Waals surface area contributed by atoms with Crippen molar-refractivity contribution in [3.05, 3.63) is 42.2 Å². The molecule has 0 fully saturated rings. The third-order valence-electron chi connectivity index (χ3n) is 2.90. The van der Waals surface area contributed by atoms with Crippen molar-refractivity contribution in [1.82, 2.24) is 4.57 Å². The zero-order valence-corrected chi connectivity index (χ0v) is 10.5. The number of hydrogen-bond donors (Lipinski definition) is 1. The van der Waals surface area contributed by atoms with Gasteiger partial charge in [0.25, 0.3) is 0 Å². The van der Waals surface area contributed by atoms with Crippen molar-refractivity contribution < 1.29 is 9.53 Å². The number of carbonyl (C=O) groups is 1. The maximum absolute atomic E-state index is 11.6. The predicted molar refractivity (Wildman–Crippen MR) is 71.3 cm³/mol. The highest BCUT2D eigenvalue weighted by atomic mass is 16.5. The second-order valence-corrected chi connectivity index (χ2v) is 3.98. The van der Waals surface area contributed by atoms with Crippen molar-refractivity contribution in [1.29, 1.82) is 0 Å². The Morgan fingerprint density at radius 2 is 2.11 bits per heavy atom. The average Bonchev–Trinajstić information content (AvgIpc) is 2.82. The number of nitrogen functional groups attached to an aromatic ring is 1. The van der Waals surface area contributed by atoms with Gasteiger partial charge < -0.3 is 15.0 Å². The van der Waals surface area contributed by atoms with E-state index in [9.17, 15) is 4.79 Å². The highest BCUT2D eigenvalue weighted by Crippen LogP contribution is 2.27. The molecule has 0 saturated heterocycles. The molecule has 0 unspecified atom stereocenters. The Morgan fingerprint density at radius 3 is 2.72 bits per heavy atom. The van der Waals surface area contributed by atoms with Crippen molar-refractivity contribution in [3.63, 3.8) is 0 Å². The van der Waals surface area contributed by atoms with Gasteiger partial charge in [-0.05, 0) is 19.1 Å². The number of aryl methyl sites for hydroxylation is 1. The third kappa shape index (κ3) is 2.09. The van der Waals surface area contributed by atoms with Crippen molar-refractivity contribution in [2.45, 2.75) is 13.5 Å². The quantitative estimate of drug-likeness (QED) is 0.666. The first kappa shape index (κ1) is 12.2. The summed E-state index contributed by atoms with van der Waals surface area (Å²) in [6, 6.07) is 9.40. The molecular weight excluding hydrogens is 228 g/mol. The zero-order valence-electron chi connectivity index (χ0n) is 10.5. The Morgan fingerprint density at radius 1 is 1.39 bits per heavy atom. The van der Waals surface area contributed by atoms with Gasteiger partial charge in [-0.1, -0.05) is 18.2 Å². The largest absolute Gasteiger partial charge is 0.464 e. The summed E-state index contributed by atoms with van der Waals surface area (Å²) in [5.74, 6) is -0.336. The maximum atomic E-state index is 11.6. The van der Waals surface area contributed by atoms with Crippen LogP contribution in [0.25, 0.3) is 11.1 Å². The van der Waals surface area contributed by atoms with Gasteiger partial charge in [-0.3, -0.25) is 0 Å². The molecule has 0 spiro atoms. The minimum absolute atomic E-state index is 0.336. The topological polar surface area (TPSA) is 57.2 Å². The Bertz CT molecular complexity index is 573. The van der Waals surface area contributed by atoms with Gasteiger partial charge in [0, 0.05) is 29.6 Å². The van der Waals surface area contributed by atoms with E-state index in [-0.39, 0.29) is 5.97 Å². The van der Waals surface area contributed by atoms with Gasteiger partial charge in [0.2, 0.25) is 0 Å². The molecule has 0 aliphatic rings. The normalized spacial score (nSPS) is 10.3. The van der Waals surface area contributed by atoms with Crippen LogP contribution in [0.15, 0.2) is 36.5 Å². The smallest absolute Gasteiger partial charge is 0.354 e. The first-order valence-corrected chi connectivity index (χ1v) is 5.80. The van der Waals surface area contributed by atoms with Crippen LogP contribution in [0.5, 0.6) is 0 Å². The molecule has 2 N–H and O–H groups in total. The number of nitrogens with two attached hydrogens (primary N) is 1. The number of ether oxygens (including phenoxy) is 1. The summed E-state index contributed by atoms with van der Waals surface area (Å²) in [5.41, 5.74) is 9.03. The number of para-hydroxylation sites is 1. The molecule has 1 aromatic carbocycles. The van der Waals surface area contributed by atoms with Crippen LogP contribution in [0, 0.1) is 0 Å². The molecule has 1 aromatic heterocycles. The number of carbonyl (C=O) groups excluding carboxylic acids is 1. The van der Waals surface area contributed by atoms with E-state index in [1.54, 1.807) is 6.07 Å². The number of esters is 1. The Labute approximate surface area is 106 Å². The van der Waals surface area contributed by atoms with E-state index in [0.29, 0.717) is 17.9 Å². The molecule has 0 bridgehead atoms. The van der Waals surface area contributed by atoms with Crippen molar-refractivity contribution >= 4 is 11.7 Å². The van der Waals surface area contributed by atoms with Gasteiger partial charge in [0.1, 0.15) is 5.69 Å². The lowest BCUT2D eigenvalue weighted by atomic mass is 10.1. The maximum Gasteiger partial charge on any atom is 0.354 e. The fraction of sp³-hybridized carbons (Fsp3) is 0.214. The molecule has 2 rings (SSSR count). The molecule has 0 aliphatic carbocycles. The fourth-order valence-electron chi connectivity index (χ4n) is 1.95. The van der Waals surface area contributed by atoms with Crippen LogP contribution in [-0.4, -0.2) is 17.6 Å². The van der Waals surface area contributed by atoms with E-state index < -0.39 is 0 Å². The summed E-state index contributed by atoms with van der Waals surface area (Å²) in [4.78, 5) is 11.6. The van der Waals surface area contributed by atoms with Crippen LogP contribution in [0.2, 0.25) is 0 Å². The second kappa shape index (κ2) is 4.96. The average molecular weight is 244 g/mol. The number of anilines is 1. The summed E-state index contributed by atoms with van der Waals surface area (Å²) in [5, 5.41) is 0. The SMILES string of the molecule is CCn1cc(-c2ccccc2N)cc1C(=O)OC. The third-order valence-corrected chi connectivity index (χ3v) is 2.90. The van der Waals surface area contributed by atoms with Crippen molar-refractivity contribution in [2.75, 3.05) is 12.8 Å². The summed E-state index contributed by atoms with van der Waals surface area (Å²) in [6.45, 7) is 2.68. The van der Waals surface area contributed by atoms with Crippen LogP contribution in [0.3, 0.4) is 0 Å². The van der Waals surface area contributed by atoms with Crippen LogP contribution in [-0.2, 0) is 11.3 Å². The molecule has 0 saturated carbocycles. The number of methoxy groups -OCH3 is 1. The molecule has 94 valence electrons. The van der Waals surface area contributed by atoms with Gasteiger partial charge in [0.15, 0.2) is 0 Å². The number of hydrogen-bond acceptors (Lipinski definition) is 3. The first-order chi connectivity index (χ1) is 8.67. The Hall–Kier alpha value is -2.23. The molecule has 0 radical (unpaired) electrons. The minimum atomic E-state index is -0.336. The minimum Gasteiger partial charge on any atom is -0.464 e. The lowest BCUT2D eigenvalue weighted by Crippen LogP contribution is -2.08. The van der Waals surface area contributed by atoms with Crippen molar-refractivity contribution in [3.8, 4) is 11.1 Å².